The Morgan fingerprint density at radius 2 is 1.92 bits per heavy atom. The first-order valence-electron chi connectivity index (χ1n) is 7.63. The molecule has 24 heavy (non-hydrogen) atoms. The second-order valence-corrected chi connectivity index (χ2v) is 5.99. The molecule has 1 atom stereocenters. The Bertz CT molecular complexity index is 914. The SMILES string of the molecule is COc1ccc2oc(-c3ccc(Cl)cc3)cc(=NC[C@@H](C)O)c2c1. The van der Waals surface area contributed by atoms with Crippen molar-refractivity contribution in [1.29, 1.82) is 0 Å². The molecule has 124 valence electrons. The van der Waals surface area contributed by atoms with Crippen molar-refractivity contribution in [3.05, 3.63) is 58.9 Å². The molecule has 1 N–H and O–H groups in total. The van der Waals surface area contributed by atoms with Crippen LogP contribution in [0.2, 0.25) is 5.02 Å². The topological polar surface area (TPSA) is 55.0 Å². The maximum atomic E-state index is 9.55. The average Bonchev–Trinajstić information content (AvgIpc) is 2.59. The average molecular weight is 344 g/mol. The fourth-order valence-electron chi connectivity index (χ4n) is 2.39. The third kappa shape index (κ3) is 3.61. The lowest BCUT2D eigenvalue weighted by Gasteiger charge is -2.07. The molecule has 0 aliphatic carbocycles. The van der Waals surface area contributed by atoms with Gasteiger partial charge >= 0.3 is 0 Å². The van der Waals surface area contributed by atoms with Crippen LogP contribution in [0.4, 0.5) is 0 Å². The number of aliphatic hydroxyl groups is 1. The zero-order valence-corrected chi connectivity index (χ0v) is 14.2. The van der Waals surface area contributed by atoms with Gasteiger partial charge in [0.15, 0.2) is 0 Å². The Morgan fingerprint density at radius 1 is 1.17 bits per heavy atom. The zero-order valence-electron chi connectivity index (χ0n) is 13.5. The molecule has 3 rings (SSSR count). The van der Waals surface area contributed by atoms with Gasteiger partial charge < -0.3 is 14.3 Å². The number of rotatable bonds is 4. The van der Waals surface area contributed by atoms with Crippen LogP contribution < -0.4 is 10.1 Å². The quantitative estimate of drug-likeness (QED) is 0.777. The van der Waals surface area contributed by atoms with Gasteiger partial charge in [0.1, 0.15) is 17.1 Å². The second kappa shape index (κ2) is 7.07. The Balaban J connectivity index is 2.22. The minimum absolute atomic E-state index is 0.316. The van der Waals surface area contributed by atoms with Crippen LogP contribution in [0, 0.1) is 0 Å². The molecule has 5 heteroatoms. The van der Waals surface area contributed by atoms with Crippen LogP contribution in [0.3, 0.4) is 0 Å². The van der Waals surface area contributed by atoms with E-state index in [1.54, 1.807) is 14.0 Å². The highest BCUT2D eigenvalue weighted by molar-refractivity contribution is 6.30. The van der Waals surface area contributed by atoms with Gasteiger partial charge in [-0.25, -0.2) is 0 Å². The molecule has 0 amide bonds. The zero-order chi connectivity index (χ0) is 17.1. The Kier molecular flexibility index (Phi) is 4.88. The van der Waals surface area contributed by atoms with Gasteiger partial charge in [-0.3, -0.25) is 4.99 Å². The van der Waals surface area contributed by atoms with E-state index in [0.717, 1.165) is 22.1 Å². The fourth-order valence-corrected chi connectivity index (χ4v) is 2.52. The first-order valence-corrected chi connectivity index (χ1v) is 8.01. The van der Waals surface area contributed by atoms with Gasteiger partial charge in [-0.15, -0.1) is 0 Å². The summed E-state index contributed by atoms with van der Waals surface area (Å²) in [7, 11) is 1.62. The van der Waals surface area contributed by atoms with Crippen LogP contribution >= 0.6 is 11.6 Å². The molecular formula is C19H18ClNO3. The van der Waals surface area contributed by atoms with Gasteiger partial charge in [0.2, 0.25) is 0 Å². The van der Waals surface area contributed by atoms with Gasteiger partial charge in [0, 0.05) is 22.0 Å². The maximum Gasteiger partial charge on any atom is 0.137 e. The van der Waals surface area contributed by atoms with E-state index in [0.29, 0.717) is 22.9 Å². The van der Waals surface area contributed by atoms with Crippen molar-refractivity contribution in [2.75, 3.05) is 13.7 Å². The summed E-state index contributed by atoms with van der Waals surface area (Å²) in [6.07, 6.45) is -0.512. The Labute approximate surface area is 145 Å². The molecule has 0 saturated heterocycles. The minimum Gasteiger partial charge on any atom is -0.497 e. The highest BCUT2D eigenvalue weighted by atomic mass is 35.5. The molecule has 1 aromatic heterocycles. The minimum atomic E-state index is -0.512. The molecule has 0 fully saturated rings. The molecule has 2 aromatic carbocycles. The van der Waals surface area contributed by atoms with Crippen molar-refractivity contribution < 1.29 is 14.3 Å². The predicted molar refractivity (Wildman–Crippen MR) is 95.3 cm³/mol. The molecule has 0 radical (unpaired) electrons. The van der Waals surface area contributed by atoms with E-state index in [-0.39, 0.29) is 0 Å². The van der Waals surface area contributed by atoms with Gasteiger partial charge in [-0.1, -0.05) is 11.6 Å². The summed E-state index contributed by atoms with van der Waals surface area (Å²) in [6.45, 7) is 2.02. The van der Waals surface area contributed by atoms with Crippen LogP contribution in [0.25, 0.3) is 22.3 Å². The number of hydrogen-bond donors (Lipinski definition) is 1. The number of aliphatic hydroxyl groups excluding tert-OH is 1. The van der Waals surface area contributed by atoms with Crippen molar-refractivity contribution in [2.24, 2.45) is 4.99 Å². The molecule has 0 saturated carbocycles. The van der Waals surface area contributed by atoms with Crippen molar-refractivity contribution >= 4 is 22.6 Å². The van der Waals surface area contributed by atoms with Crippen LogP contribution in [-0.2, 0) is 0 Å². The van der Waals surface area contributed by atoms with Crippen molar-refractivity contribution in [2.45, 2.75) is 13.0 Å². The third-order valence-electron chi connectivity index (χ3n) is 3.61. The molecule has 1 heterocycles. The first kappa shape index (κ1) is 16.6. The monoisotopic (exact) mass is 343 g/mol. The smallest absolute Gasteiger partial charge is 0.137 e. The van der Waals surface area contributed by atoms with Gasteiger partial charge in [-0.2, -0.15) is 0 Å². The molecule has 0 bridgehead atoms. The molecule has 0 spiro atoms. The van der Waals surface area contributed by atoms with Gasteiger partial charge in [0.25, 0.3) is 0 Å². The van der Waals surface area contributed by atoms with E-state index < -0.39 is 6.10 Å². The number of halogens is 1. The number of ether oxygens (including phenoxy) is 1. The number of hydrogen-bond acceptors (Lipinski definition) is 4. The highest BCUT2D eigenvalue weighted by Gasteiger charge is 2.08. The van der Waals surface area contributed by atoms with Crippen molar-refractivity contribution in [3.63, 3.8) is 0 Å². The van der Waals surface area contributed by atoms with Gasteiger partial charge in [0.05, 0.1) is 25.1 Å². The summed E-state index contributed by atoms with van der Waals surface area (Å²) in [6, 6.07) is 14.9. The molecule has 0 aliphatic heterocycles. The number of nitrogens with zero attached hydrogens (tertiary/aromatic N) is 1. The van der Waals surface area contributed by atoms with E-state index in [2.05, 4.69) is 4.99 Å². The molecule has 4 nitrogen and oxygen atoms in total. The summed E-state index contributed by atoms with van der Waals surface area (Å²) < 4.78 is 11.3. The molecule has 0 aliphatic rings. The molecule has 0 unspecified atom stereocenters. The Hall–Kier alpha value is -2.30. The fraction of sp³-hybridized carbons (Fsp3) is 0.211. The largest absolute Gasteiger partial charge is 0.497 e. The maximum absolute atomic E-state index is 9.55. The summed E-state index contributed by atoms with van der Waals surface area (Å²) in [4.78, 5) is 4.52. The highest BCUT2D eigenvalue weighted by Crippen LogP contribution is 2.25. The van der Waals surface area contributed by atoms with Crippen LogP contribution in [-0.4, -0.2) is 24.9 Å². The van der Waals surface area contributed by atoms with E-state index in [9.17, 15) is 5.11 Å². The van der Waals surface area contributed by atoms with Crippen molar-refractivity contribution in [3.8, 4) is 17.1 Å². The third-order valence-corrected chi connectivity index (χ3v) is 3.86. The molecule has 3 aromatic rings. The van der Waals surface area contributed by atoms with E-state index in [1.807, 2.05) is 48.5 Å². The van der Waals surface area contributed by atoms with E-state index in [4.69, 9.17) is 20.8 Å². The second-order valence-electron chi connectivity index (χ2n) is 5.55. The lowest BCUT2D eigenvalue weighted by molar-refractivity contribution is 0.203. The summed E-state index contributed by atoms with van der Waals surface area (Å²) in [5.41, 5.74) is 1.61. The van der Waals surface area contributed by atoms with E-state index >= 15 is 0 Å². The summed E-state index contributed by atoms with van der Waals surface area (Å²) >= 11 is 5.95. The predicted octanol–water partition coefficient (Wildman–Crippen LogP) is 4.04. The van der Waals surface area contributed by atoms with Crippen LogP contribution in [0.1, 0.15) is 6.92 Å². The van der Waals surface area contributed by atoms with Crippen LogP contribution in [0.15, 0.2) is 57.9 Å². The van der Waals surface area contributed by atoms with Gasteiger partial charge in [-0.05, 0) is 49.4 Å². The normalized spacial score (nSPS) is 13.2. The summed E-state index contributed by atoms with van der Waals surface area (Å²) in [5.74, 6) is 1.42. The lowest BCUT2D eigenvalue weighted by atomic mass is 10.1. The summed E-state index contributed by atoms with van der Waals surface area (Å²) in [5, 5.41) is 11.8. The van der Waals surface area contributed by atoms with E-state index in [1.165, 1.54) is 0 Å². The first-order chi connectivity index (χ1) is 11.6. The standard InChI is InChI=1S/C19H18ClNO3/c1-12(22)11-21-17-10-19(13-3-5-14(20)6-4-13)24-18-8-7-15(23-2)9-16(17)18/h3-10,12,22H,11H2,1-2H3/t12-/m1/s1. The number of methoxy groups -OCH3 is 1. The number of benzene rings is 2. The molecular weight excluding hydrogens is 326 g/mol. The van der Waals surface area contributed by atoms with Crippen molar-refractivity contribution in [1.82, 2.24) is 0 Å². The number of fused-ring (bicyclic) bond motifs is 1. The van der Waals surface area contributed by atoms with Crippen LogP contribution in [0.5, 0.6) is 5.75 Å². The Morgan fingerprint density at radius 3 is 2.58 bits per heavy atom. The lowest BCUT2D eigenvalue weighted by Crippen LogP contribution is -2.11.